The van der Waals surface area contributed by atoms with Gasteiger partial charge in [0, 0.05) is 18.8 Å². The number of benzene rings is 1. The van der Waals surface area contributed by atoms with Crippen molar-refractivity contribution < 1.29 is 0 Å². The fourth-order valence-electron chi connectivity index (χ4n) is 2.78. The first-order valence-electron chi connectivity index (χ1n) is 6.67. The molecule has 0 spiro atoms. The lowest BCUT2D eigenvalue weighted by atomic mass is 10.1. The van der Waals surface area contributed by atoms with Crippen LogP contribution in [0.4, 0.5) is 0 Å². The zero-order chi connectivity index (χ0) is 14.6. The van der Waals surface area contributed by atoms with E-state index in [1.165, 1.54) is 0 Å². The number of fused-ring (bicyclic) bond motifs is 4. The quantitative estimate of drug-likeness (QED) is 0.492. The van der Waals surface area contributed by atoms with E-state index in [1.54, 1.807) is 29.9 Å². The Kier molecular flexibility index (Phi) is 2.33. The first-order chi connectivity index (χ1) is 10.2. The van der Waals surface area contributed by atoms with Gasteiger partial charge in [0.05, 0.1) is 11.1 Å². The molecule has 0 bridgehead atoms. The summed E-state index contributed by atoms with van der Waals surface area (Å²) in [6, 6.07) is 9.46. The van der Waals surface area contributed by atoms with Crippen LogP contribution in [0.15, 0.2) is 46.3 Å². The zero-order valence-electron chi connectivity index (χ0n) is 11.7. The van der Waals surface area contributed by atoms with Gasteiger partial charge in [-0.3, -0.25) is 14.4 Å². The Bertz CT molecular complexity index is 985. The summed E-state index contributed by atoms with van der Waals surface area (Å²) in [4.78, 5) is 25.8. The summed E-state index contributed by atoms with van der Waals surface area (Å²) >= 11 is 0. The van der Waals surface area contributed by atoms with Crippen molar-refractivity contribution in [1.82, 2.24) is 14.5 Å². The van der Waals surface area contributed by atoms with Crippen molar-refractivity contribution >= 4 is 16.7 Å². The molecule has 3 heterocycles. The molecule has 5 nitrogen and oxygen atoms in total. The second-order valence-corrected chi connectivity index (χ2v) is 5.04. The first kappa shape index (κ1) is 12.0. The monoisotopic (exact) mass is 276 g/mol. The minimum absolute atomic E-state index is 0.105. The van der Waals surface area contributed by atoms with Crippen LogP contribution in [-0.2, 0) is 0 Å². The average Bonchev–Trinajstić information content (AvgIpc) is 2.80. The maximum Gasteiger partial charge on any atom is 0.267 e. The number of nitrogens with zero attached hydrogens (tertiary/aromatic N) is 4. The van der Waals surface area contributed by atoms with E-state index in [2.05, 4.69) is 15.0 Å². The molecule has 0 N–H and O–H groups in total. The van der Waals surface area contributed by atoms with Crippen LogP contribution in [0.1, 0.15) is 17.0 Å². The van der Waals surface area contributed by atoms with E-state index in [9.17, 15) is 4.79 Å². The summed E-state index contributed by atoms with van der Waals surface area (Å²) in [6.07, 6.45) is 1.64. The van der Waals surface area contributed by atoms with E-state index in [4.69, 9.17) is 0 Å². The lowest BCUT2D eigenvalue weighted by Crippen LogP contribution is -2.22. The van der Waals surface area contributed by atoms with Crippen molar-refractivity contribution in [3.8, 4) is 5.69 Å². The van der Waals surface area contributed by atoms with E-state index < -0.39 is 0 Å². The number of rotatable bonds is 0. The summed E-state index contributed by atoms with van der Waals surface area (Å²) in [5.41, 5.74) is 3.99. The largest absolute Gasteiger partial charge is 0.284 e. The van der Waals surface area contributed by atoms with Gasteiger partial charge in [0.2, 0.25) is 0 Å². The summed E-state index contributed by atoms with van der Waals surface area (Å²) < 4.78 is 1.63. The van der Waals surface area contributed by atoms with Crippen molar-refractivity contribution in [2.24, 2.45) is 4.99 Å². The second kappa shape index (κ2) is 4.09. The van der Waals surface area contributed by atoms with Crippen molar-refractivity contribution in [3.05, 3.63) is 63.8 Å². The topological polar surface area (TPSA) is 60.1 Å². The van der Waals surface area contributed by atoms with Crippen LogP contribution in [-0.4, -0.2) is 27.3 Å². The Morgan fingerprint density at radius 3 is 2.90 bits per heavy atom. The fourth-order valence-corrected chi connectivity index (χ4v) is 2.78. The minimum atomic E-state index is -0.105. The third-order valence-electron chi connectivity index (χ3n) is 3.73. The van der Waals surface area contributed by atoms with Gasteiger partial charge in [-0.2, -0.15) is 0 Å². The summed E-state index contributed by atoms with van der Waals surface area (Å²) in [5, 5.41) is 0.519. The Balaban J connectivity index is 2.21. The Hall–Kier alpha value is -2.82. The molecule has 1 aromatic carbocycles. The third kappa shape index (κ3) is 1.51. The van der Waals surface area contributed by atoms with Crippen LogP contribution in [0.2, 0.25) is 0 Å². The second-order valence-electron chi connectivity index (χ2n) is 5.04. The van der Waals surface area contributed by atoms with Crippen LogP contribution >= 0.6 is 0 Å². The molecule has 1 aliphatic heterocycles. The molecule has 0 unspecified atom stereocenters. The molecule has 21 heavy (non-hydrogen) atoms. The number of hydrogen-bond acceptors (Lipinski definition) is 4. The van der Waals surface area contributed by atoms with Gasteiger partial charge in [-0.25, -0.2) is 9.97 Å². The van der Waals surface area contributed by atoms with Gasteiger partial charge in [-0.05, 0) is 31.2 Å². The molecule has 0 saturated carbocycles. The minimum Gasteiger partial charge on any atom is -0.284 e. The summed E-state index contributed by atoms with van der Waals surface area (Å²) in [6.45, 7) is 2.02. The molecule has 0 radical (unpaired) electrons. The van der Waals surface area contributed by atoms with Crippen molar-refractivity contribution in [2.75, 3.05) is 7.05 Å². The van der Waals surface area contributed by atoms with Crippen LogP contribution in [0.3, 0.4) is 0 Å². The maximum atomic E-state index is 12.8. The predicted molar refractivity (Wildman–Crippen MR) is 81.4 cm³/mol. The number of aromatic nitrogens is 3. The van der Waals surface area contributed by atoms with Crippen LogP contribution in [0.5, 0.6) is 0 Å². The molecule has 102 valence electrons. The molecule has 0 saturated heterocycles. The molecule has 0 amide bonds. The molecule has 0 atom stereocenters. The van der Waals surface area contributed by atoms with Gasteiger partial charge >= 0.3 is 0 Å². The van der Waals surface area contributed by atoms with Gasteiger partial charge in [-0.1, -0.05) is 11.6 Å². The van der Waals surface area contributed by atoms with E-state index in [-0.39, 0.29) is 5.56 Å². The van der Waals surface area contributed by atoms with Crippen molar-refractivity contribution in [1.29, 1.82) is 0 Å². The fraction of sp³-hybridized carbons (Fsp3) is 0.125. The Morgan fingerprint density at radius 2 is 2.10 bits per heavy atom. The van der Waals surface area contributed by atoms with Crippen LogP contribution < -0.4 is 5.56 Å². The number of pyridine rings is 1. The van der Waals surface area contributed by atoms with Gasteiger partial charge < -0.3 is 0 Å². The smallest absolute Gasteiger partial charge is 0.267 e. The Labute approximate surface area is 120 Å². The SMILES string of the molecule is C/N=C1\c2cc(C)ccc2-n2c1nc1ncccc1c2=O. The number of aryl methyl sites for hydroxylation is 1. The van der Waals surface area contributed by atoms with E-state index >= 15 is 0 Å². The molecule has 4 rings (SSSR count). The van der Waals surface area contributed by atoms with E-state index in [0.29, 0.717) is 16.9 Å². The highest BCUT2D eigenvalue weighted by Crippen LogP contribution is 2.27. The van der Waals surface area contributed by atoms with E-state index in [0.717, 1.165) is 22.5 Å². The molecular formula is C16H12N4O. The summed E-state index contributed by atoms with van der Waals surface area (Å²) in [5.74, 6) is 0.564. The highest BCUT2D eigenvalue weighted by Gasteiger charge is 2.28. The first-order valence-corrected chi connectivity index (χ1v) is 6.67. The summed E-state index contributed by atoms with van der Waals surface area (Å²) in [7, 11) is 1.71. The molecule has 1 aliphatic rings. The van der Waals surface area contributed by atoms with Gasteiger partial charge in [0.1, 0.15) is 5.71 Å². The van der Waals surface area contributed by atoms with Crippen LogP contribution in [0.25, 0.3) is 16.7 Å². The molecule has 0 fully saturated rings. The highest BCUT2D eigenvalue weighted by molar-refractivity contribution is 6.16. The number of aliphatic imine (C=N–C) groups is 1. The molecular weight excluding hydrogens is 264 g/mol. The maximum absolute atomic E-state index is 12.8. The average molecular weight is 276 g/mol. The predicted octanol–water partition coefficient (Wildman–Crippen LogP) is 1.87. The lowest BCUT2D eigenvalue weighted by molar-refractivity contribution is 0.958. The molecule has 3 aromatic rings. The van der Waals surface area contributed by atoms with Gasteiger partial charge in [0.25, 0.3) is 5.56 Å². The number of hydrogen-bond donors (Lipinski definition) is 0. The van der Waals surface area contributed by atoms with E-state index in [1.807, 2.05) is 25.1 Å². The third-order valence-corrected chi connectivity index (χ3v) is 3.73. The van der Waals surface area contributed by atoms with Crippen LogP contribution in [0, 0.1) is 6.92 Å². The molecule has 2 aromatic heterocycles. The molecule has 5 heteroatoms. The van der Waals surface area contributed by atoms with Gasteiger partial charge in [0.15, 0.2) is 11.5 Å². The lowest BCUT2D eigenvalue weighted by Gasteiger charge is -2.05. The van der Waals surface area contributed by atoms with Crippen molar-refractivity contribution in [2.45, 2.75) is 6.92 Å². The van der Waals surface area contributed by atoms with Gasteiger partial charge in [-0.15, -0.1) is 0 Å². The zero-order valence-corrected chi connectivity index (χ0v) is 11.7. The van der Waals surface area contributed by atoms with Crippen molar-refractivity contribution in [3.63, 3.8) is 0 Å². The molecule has 0 aliphatic carbocycles. The normalized spacial score (nSPS) is 14.5. The Morgan fingerprint density at radius 1 is 1.24 bits per heavy atom. The standard InChI is InChI=1S/C16H12N4O/c1-9-5-6-12-11(8-9)13(17-2)15-19-14-10(4-3-7-18-14)16(21)20(12)15/h3-8H,1-2H3/b17-13+. The highest BCUT2D eigenvalue weighted by atomic mass is 16.1.